The Labute approximate surface area is 125 Å². The molecule has 1 aromatic rings. The quantitative estimate of drug-likeness (QED) is 0.515. The van der Waals surface area contributed by atoms with E-state index in [-0.39, 0.29) is 17.2 Å². The fraction of sp³-hybridized carbons (Fsp3) is 0.417. The van der Waals surface area contributed by atoms with Crippen LogP contribution in [0.3, 0.4) is 0 Å². The lowest BCUT2D eigenvalue weighted by Gasteiger charge is -2.10. The van der Waals surface area contributed by atoms with Gasteiger partial charge in [-0.25, -0.2) is 8.42 Å². The van der Waals surface area contributed by atoms with Crippen molar-refractivity contribution in [2.24, 2.45) is 5.92 Å². The Morgan fingerprint density at radius 3 is 2.48 bits per heavy atom. The molecule has 21 heavy (non-hydrogen) atoms. The number of rotatable bonds is 4. The lowest BCUT2D eigenvalue weighted by molar-refractivity contribution is -0.385. The van der Waals surface area contributed by atoms with Crippen molar-refractivity contribution in [2.45, 2.75) is 31.2 Å². The molecule has 1 amide bonds. The Hall–Kier alpha value is -1.67. The molecule has 1 N–H and O–H groups in total. The van der Waals surface area contributed by atoms with Crippen LogP contribution >= 0.6 is 10.7 Å². The second-order valence-corrected chi connectivity index (χ2v) is 7.64. The molecule has 114 valence electrons. The van der Waals surface area contributed by atoms with Gasteiger partial charge >= 0.3 is 0 Å². The summed E-state index contributed by atoms with van der Waals surface area (Å²) in [5.74, 6) is -0.184. The first-order chi connectivity index (χ1) is 9.61. The minimum atomic E-state index is -4.18. The maximum absolute atomic E-state index is 12.1. The fourth-order valence-corrected chi connectivity index (χ4v) is 3.25. The summed E-state index contributed by atoms with van der Waals surface area (Å²) >= 11 is 0. The van der Waals surface area contributed by atoms with Crippen LogP contribution in [-0.2, 0) is 9.05 Å². The van der Waals surface area contributed by atoms with Crippen LogP contribution in [0, 0.1) is 23.0 Å². The maximum Gasteiger partial charge on any atom is 0.271 e. The summed E-state index contributed by atoms with van der Waals surface area (Å²) < 4.78 is 23.0. The average Bonchev–Trinajstić information content (AvgIpc) is 3.02. The number of halogens is 1. The van der Waals surface area contributed by atoms with Gasteiger partial charge in [0.15, 0.2) is 0 Å². The van der Waals surface area contributed by atoms with Crippen LogP contribution in [0.2, 0.25) is 0 Å². The molecule has 0 heterocycles. The molecule has 0 aromatic heterocycles. The third-order valence-corrected chi connectivity index (χ3v) is 4.94. The molecule has 2 unspecified atom stereocenters. The van der Waals surface area contributed by atoms with Crippen LogP contribution in [0.5, 0.6) is 0 Å². The number of amides is 1. The number of nitrogens with one attached hydrogen (secondary N) is 1. The topological polar surface area (TPSA) is 106 Å². The molecule has 0 spiro atoms. The predicted octanol–water partition coefficient (Wildman–Crippen LogP) is 1.97. The molecular formula is C12H13ClN2O5S. The van der Waals surface area contributed by atoms with E-state index in [1.54, 1.807) is 0 Å². The van der Waals surface area contributed by atoms with E-state index in [9.17, 15) is 23.3 Å². The summed E-state index contributed by atoms with van der Waals surface area (Å²) in [6.45, 7) is 3.35. The molecular weight excluding hydrogens is 320 g/mol. The van der Waals surface area contributed by atoms with E-state index in [1.165, 1.54) is 6.92 Å². The summed E-state index contributed by atoms with van der Waals surface area (Å²) in [4.78, 5) is 21.8. The van der Waals surface area contributed by atoms with Gasteiger partial charge in [0.2, 0.25) is 0 Å². The van der Waals surface area contributed by atoms with Gasteiger partial charge < -0.3 is 5.32 Å². The highest BCUT2D eigenvalue weighted by Crippen LogP contribution is 2.31. The van der Waals surface area contributed by atoms with Crippen molar-refractivity contribution in [3.63, 3.8) is 0 Å². The zero-order chi connectivity index (χ0) is 15.9. The van der Waals surface area contributed by atoms with Gasteiger partial charge in [-0.2, -0.15) is 0 Å². The summed E-state index contributed by atoms with van der Waals surface area (Å²) in [5.41, 5.74) is -0.447. The lowest BCUT2D eigenvalue weighted by Crippen LogP contribution is -2.27. The van der Waals surface area contributed by atoms with Crippen LogP contribution in [0.1, 0.15) is 29.3 Å². The van der Waals surface area contributed by atoms with Gasteiger partial charge in [-0.1, -0.05) is 6.92 Å². The largest absolute Gasteiger partial charge is 0.349 e. The van der Waals surface area contributed by atoms with E-state index >= 15 is 0 Å². The van der Waals surface area contributed by atoms with Crippen molar-refractivity contribution in [1.82, 2.24) is 5.32 Å². The molecule has 7 nitrogen and oxygen atoms in total. The molecule has 0 saturated heterocycles. The van der Waals surface area contributed by atoms with Crippen molar-refractivity contribution in [3.05, 3.63) is 33.4 Å². The normalized spacial score (nSPS) is 20.9. The first kappa shape index (κ1) is 15.7. The molecule has 0 aliphatic heterocycles. The SMILES string of the molecule is Cc1c(C(=O)NC2CC2C)cc([N+](=O)[O-])cc1S(=O)(=O)Cl. The van der Waals surface area contributed by atoms with Crippen LogP contribution in [-0.4, -0.2) is 25.3 Å². The highest BCUT2D eigenvalue weighted by Gasteiger charge is 2.35. The Kier molecular flexibility index (Phi) is 3.94. The summed E-state index contributed by atoms with van der Waals surface area (Å²) in [6.07, 6.45) is 0.834. The number of benzene rings is 1. The average molecular weight is 333 g/mol. The van der Waals surface area contributed by atoms with E-state index < -0.39 is 30.5 Å². The summed E-state index contributed by atoms with van der Waals surface area (Å²) in [6, 6.07) is 1.93. The third-order valence-electron chi connectivity index (χ3n) is 3.49. The van der Waals surface area contributed by atoms with Crippen molar-refractivity contribution in [3.8, 4) is 0 Å². The Balaban J connectivity index is 2.51. The third kappa shape index (κ3) is 3.33. The zero-order valence-corrected chi connectivity index (χ0v) is 12.9. The maximum atomic E-state index is 12.1. The summed E-state index contributed by atoms with van der Waals surface area (Å²) in [5, 5.41) is 13.6. The molecule has 0 bridgehead atoms. The van der Waals surface area contributed by atoms with Crippen molar-refractivity contribution >= 4 is 31.3 Å². The minimum Gasteiger partial charge on any atom is -0.349 e. The number of nitro groups is 1. The molecule has 9 heteroatoms. The fourth-order valence-electron chi connectivity index (χ4n) is 2.04. The van der Waals surface area contributed by atoms with Crippen molar-refractivity contribution in [1.29, 1.82) is 0 Å². The standard InChI is InChI=1S/C12H13ClN2O5S/c1-6-3-10(6)14-12(16)9-4-8(15(17)18)5-11(7(9)2)21(13,19)20/h4-6,10H,3H2,1-2H3,(H,14,16). The number of hydrogen-bond donors (Lipinski definition) is 1. The minimum absolute atomic E-state index is 0.0206. The lowest BCUT2D eigenvalue weighted by atomic mass is 10.1. The van der Waals surface area contributed by atoms with Crippen LogP contribution < -0.4 is 5.32 Å². The highest BCUT2D eigenvalue weighted by molar-refractivity contribution is 8.13. The van der Waals surface area contributed by atoms with Gasteiger partial charge in [0.05, 0.1) is 15.4 Å². The number of hydrogen-bond acceptors (Lipinski definition) is 5. The monoisotopic (exact) mass is 332 g/mol. The number of carbonyl (C=O) groups is 1. The van der Waals surface area contributed by atoms with E-state index in [1.807, 2.05) is 6.92 Å². The van der Waals surface area contributed by atoms with Gasteiger partial charge in [-0.15, -0.1) is 0 Å². The Morgan fingerprint density at radius 2 is 2.05 bits per heavy atom. The number of nitro benzene ring substituents is 1. The smallest absolute Gasteiger partial charge is 0.271 e. The van der Waals surface area contributed by atoms with E-state index in [2.05, 4.69) is 5.32 Å². The molecule has 1 aliphatic rings. The molecule has 1 saturated carbocycles. The molecule has 2 rings (SSSR count). The molecule has 1 fully saturated rings. The van der Waals surface area contributed by atoms with Crippen LogP contribution in [0.4, 0.5) is 5.69 Å². The van der Waals surface area contributed by atoms with Gasteiger partial charge in [-0.3, -0.25) is 14.9 Å². The first-order valence-electron chi connectivity index (χ1n) is 6.16. The predicted molar refractivity (Wildman–Crippen MR) is 75.9 cm³/mol. The Morgan fingerprint density at radius 1 is 1.48 bits per heavy atom. The van der Waals surface area contributed by atoms with Crippen molar-refractivity contribution in [2.75, 3.05) is 0 Å². The van der Waals surface area contributed by atoms with E-state index in [4.69, 9.17) is 10.7 Å². The van der Waals surface area contributed by atoms with Gasteiger partial charge in [0, 0.05) is 28.9 Å². The van der Waals surface area contributed by atoms with E-state index in [0.717, 1.165) is 18.6 Å². The van der Waals surface area contributed by atoms with E-state index in [0.29, 0.717) is 5.92 Å². The highest BCUT2D eigenvalue weighted by atomic mass is 35.7. The van der Waals surface area contributed by atoms with Crippen molar-refractivity contribution < 1.29 is 18.1 Å². The molecule has 0 radical (unpaired) electrons. The number of carbonyl (C=O) groups excluding carboxylic acids is 1. The van der Waals surface area contributed by atoms with Gasteiger partial charge in [0.25, 0.3) is 20.6 Å². The number of nitrogens with zero attached hydrogens (tertiary/aromatic N) is 1. The molecule has 2 atom stereocenters. The molecule has 1 aromatic carbocycles. The second-order valence-electron chi connectivity index (χ2n) is 5.10. The Bertz CT molecular complexity index is 731. The van der Waals surface area contributed by atoms with Gasteiger partial charge in [-0.05, 0) is 24.8 Å². The summed E-state index contributed by atoms with van der Waals surface area (Å²) in [7, 11) is 1.09. The number of non-ortho nitro benzene ring substituents is 1. The van der Waals surface area contributed by atoms with Crippen LogP contribution in [0.25, 0.3) is 0 Å². The zero-order valence-electron chi connectivity index (χ0n) is 11.3. The first-order valence-corrected chi connectivity index (χ1v) is 8.46. The van der Waals surface area contributed by atoms with Crippen LogP contribution in [0.15, 0.2) is 17.0 Å². The molecule has 1 aliphatic carbocycles. The van der Waals surface area contributed by atoms with Gasteiger partial charge in [0.1, 0.15) is 0 Å². The second kappa shape index (κ2) is 5.27.